The molecule has 0 radical (unpaired) electrons. The first kappa shape index (κ1) is 23.4. The van der Waals surface area contributed by atoms with Gasteiger partial charge in [-0.2, -0.15) is 0 Å². The lowest BCUT2D eigenvalue weighted by molar-refractivity contribution is 0.417. The molecular weight excluding hydrogens is 479 g/mol. The molecule has 2 aliphatic carbocycles. The SMILES string of the molecule is Fc1cc(C2CCC2)cnc1Nc1cc(-c2nc(N3CCNCC3)c3c(C4CCC4)cncc3n2)ccn1. The van der Waals surface area contributed by atoms with E-state index in [1.54, 1.807) is 18.5 Å². The second-order valence-corrected chi connectivity index (χ2v) is 10.6. The number of hydrogen-bond acceptors (Lipinski definition) is 8. The zero-order valence-corrected chi connectivity index (χ0v) is 21.3. The Morgan fingerprint density at radius 3 is 2.47 bits per heavy atom. The van der Waals surface area contributed by atoms with Crippen LogP contribution >= 0.6 is 0 Å². The molecule has 38 heavy (non-hydrogen) atoms. The third-order valence-electron chi connectivity index (χ3n) is 8.28. The third-order valence-corrected chi connectivity index (χ3v) is 8.28. The number of halogens is 1. The molecule has 4 aromatic rings. The number of nitrogens with one attached hydrogen (secondary N) is 2. The summed E-state index contributed by atoms with van der Waals surface area (Å²) in [6.07, 6.45) is 14.4. The van der Waals surface area contributed by atoms with Gasteiger partial charge in [-0.15, -0.1) is 0 Å². The molecule has 194 valence electrons. The van der Waals surface area contributed by atoms with Gasteiger partial charge in [0.15, 0.2) is 17.5 Å². The molecule has 0 spiro atoms. The van der Waals surface area contributed by atoms with Gasteiger partial charge in [0.05, 0.1) is 11.7 Å². The number of hydrogen-bond donors (Lipinski definition) is 2. The van der Waals surface area contributed by atoms with Crippen molar-refractivity contribution in [2.75, 3.05) is 36.4 Å². The van der Waals surface area contributed by atoms with Crippen LogP contribution in [0.5, 0.6) is 0 Å². The fourth-order valence-electron chi connectivity index (χ4n) is 5.62. The van der Waals surface area contributed by atoms with E-state index in [4.69, 9.17) is 9.97 Å². The molecule has 0 aromatic carbocycles. The van der Waals surface area contributed by atoms with E-state index < -0.39 is 0 Å². The summed E-state index contributed by atoms with van der Waals surface area (Å²) >= 11 is 0. The van der Waals surface area contributed by atoms with Crippen molar-refractivity contribution < 1.29 is 4.39 Å². The van der Waals surface area contributed by atoms with Gasteiger partial charge in [0.25, 0.3) is 0 Å². The average Bonchev–Trinajstić information content (AvgIpc) is 2.88. The normalized spacial score (nSPS) is 18.3. The van der Waals surface area contributed by atoms with Crippen LogP contribution in [0.1, 0.15) is 61.5 Å². The van der Waals surface area contributed by atoms with Crippen LogP contribution in [0.25, 0.3) is 22.3 Å². The molecule has 0 unspecified atom stereocenters. The lowest BCUT2D eigenvalue weighted by Gasteiger charge is -2.32. The van der Waals surface area contributed by atoms with Crippen molar-refractivity contribution in [3.05, 3.63) is 59.9 Å². The van der Waals surface area contributed by atoms with E-state index in [2.05, 4.69) is 30.5 Å². The smallest absolute Gasteiger partial charge is 0.167 e. The largest absolute Gasteiger partial charge is 0.353 e. The molecule has 9 heteroatoms. The van der Waals surface area contributed by atoms with E-state index in [-0.39, 0.29) is 11.6 Å². The van der Waals surface area contributed by atoms with Crippen molar-refractivity contribution in [3.63, 3.8) is 0 Å². The number of piperazine rings is 1. The third kappa shape index (κ3) is 4.34. The Hall–Kier alpha value is -3.72. The highest BCUT2D eigenvalue weighted by Gasteiger charge is 2.27. The molecule has 3 fully saturated rings. The van der Waals surface area contributed by atoms with Gasteiger partial charge in [-0.25, -0.2) is 24.3 Å². The van der Waals surface area contributed by atoms with Gasteiger partial charge >= 0.3 is 0 Å². The molecule has 2 N–H and O–H groups in total. The van der Waals surface area contributed by atoms with Crippen LogP contribution in [0.4, 0.5) is 21.8 Å². The van der Waals surface area contributed by atoms with Crippen molar-refractivity contribution in [1.82, 2.24) is 30.2 Å². The minimum atomic E-state index is -0.362. The Morgan fingerprint density at radius 2 is 1.74 bits per heavy atom. The highest BCUT2D eigenvalue weighted by Crippen LogP contribution is 2.42. The number of nitrogens with zero attached hydrogens (tertiary/aromatic N) is 6. The zero-order valence-electron chi connectivity index (χ0n) is 21.3. The number of pyridine rings is 3. The molecular formula is C29H31FN8. The molecule has 5 heterocycles. The maximum absolute atomic E-state index is 14.9. The monoisotopic (exact) mass is 510 g/mol. The van der Waals surface area contributed by atoms with Crippen molar-refractivity contribution in [3.8, 4) is 11.4 Å². The molecule has 4 aromatic heterocycles. The summed E-state index contributed by atoms with van der Waals surface area (Å²) in [6, 6.07) is 5.34. The summed E-state index contributed by atoms with van der Waals surface area (Å²) in [7, 11) is 0. The van der Waals surface area contributed by atoms with Crippen LogP contribution in [0.15, 0.2) is 43.0 Å². The first-order chi connectivity index (χ1) is 18.7. The Labute approximate surface area is 221 Å². The lowest BCUT2D eigenvalue weighted by Crippen LogP contribution is -2.44. The van der Waals surface area contributed by atoms with Crippen molar-refractivity contribution in [2.45, 2.75) is 50.4 Å². The second-order valence-electron chi connectivity index (χ2n) is 10.6. The molecule has 0 amide bonds. The fourth-order valence-corrected chi connectivity index (χ4v) is 5.62. The van der Waals surface area contributed by atoms with Crippen LogP contribution in [0.2, 0.25) is 0 Å². The van der Waals surface area contributed by atoms with Gasteiger partial charge in [-0.1, -0.05) is 12.8 Å². The molecule has 0 bridgehead atoms. The quantitative estimate of drug-likeness (QED) is 0.361. The highest BCUT2D eigenvalue weighted by molar-refractivity contribution is 5.94. The fraction of sp³-hybridized carbons (Fsp3) is 0.414. The summed E-state index contributed by atoms with van der Waals surface area (Å²) in [5.74, 6) is 2.85. The van der Waals surface area contributed by atoms with Crippen LogP contribution in [0.3, 0.4) is 0 Å². The molecule has 1 aliphatic heterocycles. The summed E-state index contributed by atoms with van der Waals surface area (Å²) in [6.45, 7) is 3.63. The Bertz CT molecular complexity index is 1480. The molecule has 0 atom stereocenters. The number of aromatic nitrogens is 5. The van der Waals surface area contributed by atoms with Gasteiger partial charge in [0.1, 0.15) is 11.6 Å². The predicted octanol–water partition coefficient (Wildman–Crippen LogP) is 5.31. The summed E-state index contributed by atoms with van der Waals surface area (Å²) in [5.41, 5.74) is 3.90. The standard InChI is InChI=1S/C29H31FN8/c30-23-13-21(18-3-1-4-18)15-34-28(23)36-25-14-20(7-8-33-25)27-35-24-17-32-16-22(19-5-2-6-19)26(24)29(37-27)38-11-9-31-10-12-38/h7-8,13-19,31H,1-6,9-12H2,(H,33,34,36). The Kier molecular flexibility index (Phi) is 6.08. The molecule has 1 saturated heterocycles. The first-order valence-corrected chi connectivity index (χ1v) is 13.7. The number of anilines is 3. The van der Waals surface area contributed by atoms with E-state index in [9.17, 15) is 4.39 Å². The minimum Gasteiger partial charge on any atom is -0.353 e. The summed E-state index contributed by atoms with van der Waals surface area (Å²) in [5, 5.41) is 7.62. The van der Waals surface area contributed by atoms with Gasteiger partial charge in [0.2, 0.25) is 0 Å². The van der Waals surface area contributed by atoms with Crippen LogP contribution in [-0.2, 0) is 0 Å². The van der Waals surface area contributed by atoms with Crippen LogP contribution in [-0.4, -0.2) is 51.1 Å². The van der Waals surface area contributed by atoms with E-state index in [1.807, 2.05) is 24.5 Å². The molecule has 8 nitrogen and oxygen atoms in total. The first-order valence-electron chi connectivity index (χ1n) is 13.7. The van der Waals surface area contributed by atoms with Crippen molar-refractivity contribution in [2.24, 2.45) is 0 Å². The van der Waals surface area contributed by atoms with E-state index in [0.29, 0.717) is 23.5 Å². The van der Waals surface area contributed by atoms with Gasteiger partial charge < -0.3 is 15.5 Å². The number of rotatable bonds is 6. The van der Waals surface area contributed by atoms with E-state index in [1.165, 1.54) is 31.2 Å². The minimum absolute atomic E-state index is 0.174. The maximum atomic E-state index is 14.9. The van der Waals surface area contributed by atoms with Gasteiger partial charge in [0, 0.05) is 55.7 Å². The molecule has 7 rings (SSSR count). The van der Waals surface area contributed by atoms with Crippen LogP contribution < -0.4 is 15.5 Å². The van der Waals surface area contributed by atoms with Gasteiger partial charge in [-0.3, -0.25) is 4.98 Å². The molecule has 3 aliphatic rings. The van der Waals surface area contributed by atoms with Crippen LogP contribution in [0, 0.1) is 5.82 Å². The average molecular weight is 511 g/mol. The van der Waals surface area contributed by atoms with E-state index in [0.717, 1.165) is 66.9 Å². The Balaban J connectivity index is 1.25. The van der Waals surface area contributed by atoms with Crippen molar-refractivity contribution >= 4 is 28.4 Å². The van der Waals surface area contributed by atoms with Crippen molar-refractivity contribution in [1.29, 1.82) is 0 Å². The van der Waals surface area contributed by atoms with Gasteiger partial charge in [-0.05, 0) is 66.8 Å². The predicted molar refractivity (Wildman–Crippen MR) is 146 cm³/mol. The summed E-state index contributed by atoms with van der Waals surface area (Å²) in [4.78, 5) is 25.8. The number of fused-ring (bicyclic) bond motifs is 1. The lowest BCUT2D eigenvalue weighted by atomic mass is 9.79. The zero-order chi connectivity index (χ0) is 25.5. The topological polar surface area (TPSA) is 91.8 Å². The highest BCUT2D eigenvalue weighted by atomic mass is 19.1. The second kappa shape index (κ2) is 9.87. The Morgan fingerprint density at radius 1 is 0.921 bits per heavy atom. The summed E-state index contributed by atoms with van der Waals surface area (Å²) < 4.78 is 14.9. The van der Waals surface area contributed by atoms with E-state index >= 15 is 0 Å². The molecule has 2 saturated carbocycles. The maximum Gasteiger partial charge on any atom is 0.167 e.